The highest BCUT2D eigenvalue weighted by atomic mass is 16.1. The molecule has 5 heteroatoms. The molecule has 0 unspecified atom stereocenters. The van der Waals surface area contributed by atoms with Gasteiger partial charge in [0, 0.05) is 13.1 Å². The number of nitrogens with two attached hydrogens (primary N) is 1. The van der Waals surface area contributed by atoms with Gasteiger partial charge in [0.05, 0.1) is 5.52 Å². The van der Waals surface area contributed by atoms with Crippen LogP contribution in [-0.4, -0.2) is 15.5 Å². The first-order chi connectivity index (χ1) is 6.68. The SMILES string of the molecule is CC(=O)Nc1nn2ccccc2c1N. The van der Waals surface area contributed by atoms with Crippen molar-refractivity contribution in [2.24, 2.45) is 0 Å². The minimum atomic E-state index is -0.180. The maximum absolute atomic E-state index is 10.8. The molecule has 2 aromatic rings. The lowest BCUT2D eigenvalue weighted by Gasteiger charge is -1.95. The predicted molar refractivity (Wildman–Crippen MR) is 53.9 cm³/mol. The number of carbonyl (C=O) groups excluding carboxylic acids is 1. The molecule has 0 radical (unpaired) electrons. The first-order valence-corrected chi connectivity index (χ1v) is 4.19. The fourth-order valence-corrected chi connectivity index (χ4v) is 1.28. The van der Waals surface area contributed by atoms with Crippen LogP contribution in [0.3, 0.4) is 0 Å². The van der Waals surface area contributed by atoms with Crippen molar-refractivity contribution < 1.29 is 4.79 Å². The van der Waals surface area contributed by atoms with E-state index >= 15 is 0 Å². The number of rotatable bonds is 1. The summed E-state index contributed by atoms with van der Waals surface area (Å²) in [5.41, 5.74) is 7.06. The fraction of sp³-hybridized carbons (Fsp3) is 0.111. The van der Waals surface area contributed by atoms with Crippen molar-refractivity contribution in [2.75, 3.05) is 11.1 Å². The zero-order chi connectivity index (χ0) is 10.1. The second kappa shape index (κ2) is 3.02. The number of fused-ring (bicyclic) bond motifs is 1. The Morgan fingerprint density at radius 3 is 3.00 bits per heavy atom. The lowest BCUT2D eigenvalue weighted by atomic mass is 10.3. The highest BCUT2D eigenvalue weighted by molar-refractivity contribution is 5.94. The van der Waals surface area contributed by atoms with Crippen molar-refractivity contribution >= 4 is 22.9 Å². The van der Waals surface area contributed by atoms with Crippen LogP contribution in [0.15, 0.2) is 24.4 Å². The Morgan fingerprint density at radius 2 is 2.36 bits per heavy atom. The topological polar surface area (TPSA) is 72.4 Å². The number of carbonyl (C=O) groups is 1. The number of nitrogens with one attached hydrogen (secondary N) is 1. The van der Waals surface area contributed by atoms with Crippen LogP contribution in [0.2, 0.25) is 0 Å². The molecule has 5 nitrogen and oxygen atoms in total. The summed E-state index contributed by atoms with van der Waals surface area (Å²) in [5.74, 6) is 0.226. The largest absolute Gasteiger partial charge is 0.394 e. The molecule has 0 aromatic carbocycles. The van der Waals surface area contributed by atoms with Gasteiger partial charge in [-0.15, -0.1) is 5.10 Å². The van der Waals surface area contributed by atoms with E-state index < -0.39 is 0 Å². The molecule has 0 spiro atoms. The molecule has 0 bridgehead atoms. The summed E-state index contributed by atoms with van der Waals surface area (Å²) in [6.45, 7) is 1.42. The molecular weight excluding hydrogens is 180 g/mol. The number of nitrogen functional groups attached to an aromatic ring is 1. The molecule has 14 heavy (non-hydrogen) atoms. The zero-order valence-electron chi connectivity index (χ0n) is 7.69. The quantitative estimate of drug-likeness (QED) is 0.701. The molecule has 3 N–H and O–H groups in total. The van der Waals surface area contributed by atoms with Gasteiger partial charge in [0.2, 0.25) is 5.91 Å². The van der Waals surface area contributed by atoms with Crippen LogP contribution >= 0.6 is 0 Å². The fourth-order valence-electron chi connectivity index (χ4n) is 1.28. The van der Waals surface area contributed by atoms with Gasteiger partial charge in [-0.1, -0.05) is 6.07 Å². The van der Waals surface area contributed by atoms with E-state index in [1.54, 1.807) is 10.7 Å². The van der Waals surface area contributed by atoms with Crippen LogP contribution in [-0.2, 0) is 4.79 Å². The van der Waals surface area contributed by atoms with E-state index in [4.69, 9.17) is 5.73 Å². The Kier molecular flexibility index (Phi) is 1.85. The molecule has 0 saturated heterocycles. The molecule has 72 valence electrons. The summed E-state index contributed by atoms with van der Waals surface area (Å²) in [6.07, 6.45) is 1.77. The number of hydrogen-bond donors (Lipinski definition) is 2. The summed E-state index contributed by atoms with van der Waals surface area (Å²) >= 11 is 0. The van der Waals surface area contributed by atoms with Crippen molar-refractivity contribution in [3.8, 4) is 0 Å². The Balaban J connectivity index is 2.57. The van der Waals surface area contributed by atoms with Crippen LogP contribution in [0.4, 0.5) is 11.5 Å². The zero-order valence-corrected chi connectivity index (χ0v) is 7.69. The van der Waals surface area contributed by atoms with Gasteiger partial charge in [-0.2, -0.15) is 0 Å². The van der Waals surface area contributed by atoms with Gasteiger partial charge < -0.3 is 11.1 Å². The third kappa shape index (κ3) is 1.28. The second-order valence-corrected chi connectivity index (χ2v) is 2.97. The van der Waals surface area contributed by atoms with Crippen molar-refractivity contribution in [3.05, 3.63) is 24.4 Å². The highest BCUT2D eigenvalue weighted by Crippen LogP contribution is 2.22. The number of amides is 1. The third-order valence-corrected chi connectivity index (χ3v) is 1.87. The van der Waals surface area contributed by atoms with Crippen molar-refractivity contribution in [2.45, 2.75) is 6.92 Å². The molecule has 0 aliphatic heterocycles. The van der Waals surface area contributed by atoms with Crippen LogP contribution in [0, 0.1) is 0 Å². The molecular formula is C9H10N4O. The molecule has 0 aliphatic rings. The first kappa shape index (κ1) is 8.55. The van der Waals surface area contributed by atoms with E-state index in [0.29, 0.717) is 11.5 Å². The van der Waals surface area contributed by atoms with Crippen molar-refractivity contribution in [3.63, 3.8) is 0 Å². The van der Waals surface area contributed by atoms with Crippen LogP contribution in [0.1, 0.15) is 6.92 Å². The van der Waals surface area contributed by atoms with E-state index in [9.17, 15) is 4.79 Å². The van der Waals surface area contributed by atoms with Crippen LogP contribution in [0.5, 0.6) is 0 Å². The molecule has 2 heterocycles. The van der Waals surface area contributed by atoms with Crippen LogP contribution in [0.25, 0.3) is 5.52 Å². The highest BCUT2D eigenvalue weighted by Gasteiger charge is 2.09. The number of aromatic nitrogens is 2. The molecule has 2 aromatic heterocycles. The smallest absolute Gasteiger partial charge is 0.222 e. The van der Waals surface area contributed by atoms with Gasteiger partial charge in [-0.25, -0.2) is 4.52 Å². The standard InChI is InChI=1S/C9H10N4O/c1-6(14)11-9-8(10)7-4-2-3-5-13(7)12-9/h2-5H,10H2,1H3,(H,11,12,14). The lowest BCUT2D eigenvalue weighted by molar-refractivity contribution is -0.114. The minimum Gasteiger partial charge on any atom is -0.394 e. The van der Waals surface area contributed by atoms with Gasteiger partial charge in [-0.05, 0) is 12.1 Å². The number of anilines is 2. The molecule has 0 aliphatic carbocycles. The van der Waals surface area contributed by atoms with Gasteiger partial charge in [0.25, 0.3) is 0 Å². The maximum Gasteiger partial charge on any atom is 0.222 e. The molecule has 0 atom stereocenters. The van der Waals surface area contributed by atoms with Gasteiger partial charge in [0.15, 0.2) is 5.82 Å². The predicted octanol–water partition coefficient (Wildman–Crippen LogP) is 0.875. The van der Waals surface area contributed by atoms with Crippen LogP contribution < -0.4 is 11.1 Å². The van der Waals surface area contributed by atoms with Crippen molar-refractivity contribution in [1.82, 2.24) is 9.61 Å². The van der Waals surface area contributed by atoms with E-state index in [2.05, 4.69) is 10.4 Å². The van der Waals surface area contributed by atoms with E-state index in [1.807, 2.05) is 18.2 Å². The second-order valence-electron chi connectivity index (χ2n) is 2.97. The number of hydrogen-bond acceptors (Lipinski definition) is 3. The normalized spacial score (nSPS) is 10.4. The average Bonchev–Trinajstić information content (AvgIpc) is 2.44. The summed E-state index contributed by atoms with van der Waals surface area (Å²) in [7, 11) is 0. The lowest BCUT2D eigenvalue weighted by Crippen LogP contribution is -2.07. The monoisotopic (exact) mass is 190 g/mol. The van der Waals surface area contributed by atoms with E-state index in [0.717, 1.165) is 5.52 Å². The molecule has 2 rings (SSSR count). The van der Waals surface area contributed by atoms with Gasteiger partial charge >= 0.3 is 0 Å². The summed E-state index contributed by atoms with van der Waals surface area (Å²) in [6, 6.07) is 5.55. The van der Waals surface area contributed by atoms with E-state index in [-0.39, 0.29) is 5.91 Å². The Labute approximate surface area is 80.5 Å². The first-order valence-electron chi connectivity index (χ1n) is 4.19. The van der Waals surface area contributed by atoms with Crippen molar-refractivity contribution in [1.29, 1.82) is 0 Å². The summed E-state index contributed by atoms with van der Waals surface area (Å²) in [4.78, 5) is 10.8. The van der Waals surface area contributed by atoms with Gasteiger partial charge in [0.1, 0.15) is 5.69 Å². The molecule has 0 fully saturated rings. The Morgan fingerprint density at radius 1 is 1.57 bits per heavy atom. The van der Waals surface area contributed by atoms with Gasteiger partial charge in [-0.3, -0.25) is 4.79 Å². The Bertz CT molecular complexity index is 489. The average molecular weight is 190 g/mol. The third-order valence-electron chi connectivity index (χ3n) is 1.87. The maximum atomic E-state index is 10.8. The minimum absolute atomic E-state index is 0.180. The Hall–Kier alpha value is -2.04. The molecule has 1 amide bonds. The summed E-state index contributed by atoms with van der Waals surface area (Å²) < 4.78 is 1.63. The van der Waals surface area contributed by atoms with E-state index in [1.165, 1.54) is 6.92 Å². The molecule has 0 saturated carbocycles. The summed E-state index contributed by atoms with van der Waals surface area (Å²) in [5, 5.41) is 6.68. The number of pyridine rings is 1. The number of nitrogens with zero attached hydrogens (tertiary/aromatic N) is 2.